The van der Waals surface area contributed by atoms with Gasteiger partial charge in [0.15, 0.2) is 0 Å². The first-order chi connectivity index (χ1) is 11.7. The number of amides is 2. The van der Waals surface area contributed by atoms with E-state index in [9.17, 15) is 4.79 Å². The Morgan fingerprint density at radius 2 is 2.17 bits per heavy atom. The molecule has 2 amide bonds. The minimum atomic E-state index is 0.0956. The van der Waals surface area contributed by atoms with Gasteiger partial charge >= 0.3 is 6.03 Å². The highest BCUT2D eigenvalue weighted by atomic mass is 16.5. The number of carbonyl (C=O) groups is 1. The number of ether oxygens (including phenoxy) is 1. The molecule has 7 heteroatoms. The average Bonchev–Trinajstić information content (AvgIpc) is 3.06. The first kappa shape index (κ1) is 15.9. The maximum absolute atomic E-state index is 12.6. The van der Waals surface area contributed by atoms with Crippen LogP contribution in [0.15, 0.2) is 12.7 Å². The summed E-state index contributed by atoms with van der Waals surface area (Å²) in [7, 11) is 0. The third-order valence-corrected chi connectivity index (χ3v) is 6.30. The number of hydrogen-bond donors (Lipinski definition) is 1. The Morgan fingerprint density at radius 3 is 2.75 bits per heavy atom. The molecule has 1 aromatic rings. The summed E-state index contributed by atoms with van der Waals surface area (Å²) in [5.74, 6) is 0. The van der Waals surface area contributed by atoms with Crippen LogP contribution in [-0.4, -0.2) is 57.5 Å². The van der Waals surface area contributed by atoms with Crippen molar-refractivity contribution in [2.45, 2.75) is 63.6 Å². The maximum Gasteiger partial charge on any atom is 0.317 e. The molecule has 7 nitrogen and oxygen atoms in total. The molecule has 1 saturated heterocycles. The number of nitrogens with one attached hydrogen (secondary N) is 1. The first-order valence-corrected chi connectivity index (χ1v) is 9.24. The number of carbonyl (C=O) groups excluding carboxylic acids is 1. The third-order valence-electron chi connectivity index (χ3n) is 6.30. The third kappa shape index (κ3) is 2.59. The topological polar surface area (TPSA) is 72.3 Å². The van der Waals surface area contributed by atoms with E-state index in [1.165, 1.54) is 19.3 Å². The molecular weight excluding hydrogens is 306 g/mol. The lowest BCUT2D eigenvalue weighted by Crippen LogP contribution is -2.68. The summed E-state index contributed by atoms with van der Waals surface area (Å²) < 4.78 is 7.78. The predicted molar refractivity (Wildman–Crippen MR) is 88.5 cm³/mol. The van der Waals surface area contributed by atoms with E-state index in [-0.39, 0.29) is 11.4 Å². The summed E-state index contributed by atoms with van der Waals surface area (Å²) >= 11 is 0. The molecule has 132 valence electrons. The molecule has 4 rings (SSSR count). The van der Waals surface area contributed by atoms with Crippen LogP contribution in [-0.2, 0) is 4.74 Å². The molecule has 0 bridgehead atoms. The highest BCUT2D eigenvalue weighted by Gasteiger charge is 2.59. The molecule has 3 aliphatic rings. The van der Waals surface area contributed by atoms with Gasteiger partial charge in [0, 0.05) is 31.2 Å². The van der Waals surface area contributed by atoms with Crippen molar-refractivity contribution < 1.29 is 9.53 Å². The minimum Gasteiger partial charge on any atom is -0.378 e. The number of hydrogen-bond acceptors (Lipinski definition) is 4. The average molecular weight is 333 g/mol. The van der Waals surface area contributed by atoms with E-state index in [2.05, 4.69) is 22.3 Å². The molecule has 2 heterocycles. The Bertz CT molecular complexity index is 564. The SMILES string of the molecule is CCOC1CC(NC(=O)N2CCC(n3cncn3)CC2)C12CCC2. The lowest BCUT2D eigenvalue weighted by Gasteiger charge is -2.61. The summed E-state index contributed by atoms with van der Waals surface area (Å²) in [4.78, 5) is 18.6. The molecule has 0 radical (unpaired) electrons. The molecular formula is C17H27N5O2. The van der Waals surface area contributed by atoms with Crippen molar-refractivity contribution in [3.05, 3.63) is 12.7 Å². The van der Waals surface area contributed by atoms with Crippen molar-refractivity contribution in [1.82, 2.24) is 25.0 Å². The molecule has 3 fully saturated rings. The van der Waals surface area contributed by atoms with Gasteiger partial charge in [-0.3, -0.25) is 0 Å². The van der Waals surface area contributed by atoms with E-state index in [0.717, 1.165) is 39.0 Å². The van der Waals surface area contributed by atoms with E-state index >= 15 is 0 Å². The van der Waals surface area contributed by atoms with Gasteiger partial charge < -0.3 is 15.0 Å². The number of piperidine rings is 1. The zero-order valence-electron chi connectivity index (χ0n) is 14.4. The smallest absolute Gasteiger partial charge is 0.317 e. The molecule has 2 aliphatic carbocycles. The summed E-state index contributed by atoms with van der Waals surface area (Å²) in [5.41, 5.74) is 0.227. The fourth-order valence-corrected chi connectivity index (χ4v) is 4.62. The zero-order valence-corrected chi connectivity index (χ0v) is 14.4. The summed E-state index contributed by atoms with van der Waals surface area (Å²) in [6.45, 7) is 4.39. The van der Waals surface area contributed by atoms with E-state index < -0.39 is 0 Å². The predicted octanol–water partition coefficient (Wildman–Crippen LogP) is 1.97. The Balaban J connectivity index is 1.28. The van der Waals surface area contributed by atoms with Gasteiger partial charge in [-0.05, 0) is 39.0 Å². The van der Waals surface area contributed by atoms with Crippen molar-refractivity contribution in [2.75, 3.05) is 19.7 Å². The van der Waals surface area contributed by atoms with Gasteiger partial charge in [0.2, 0.25) is 0 Å². The van der Waals surface area contributed by atoms with E-state index in [1.54, 1.807) is 12.7 Å². The second-order valence-electron chi connectivity index (χ2n) is 7.36. The van der Waals surface area contributed by atoms with Crippen molar-refractivity contribution in [3.8, 4) is 0 Å². The standard InChI is InChI=1S/C17H27N5O2/c1-2-24-15-10-14(17(15)6-3-7-17)20-16(23)21-8-4-13(5-9-21)22-12-18-11-19-22/h11-15H,2-10H2,1H3,(H,20,23). The summed E-state index contributed by atoms with van der Waals surface area (Å²) in [5, 5.41) is 7.51. The van der Waals surface area contributed by atoms with Crippen LogP contribution in [0.4, 0.5) is 4.79 Å². The Kier molecular flexibility index (Phi) is 4.20. The van der Waals surface area contributed by atoms with Crippen LogP contribution in [0.5, 0.6) is 0 Å². The summed E-state index contributed by atoms with van der Waals surface area (Å²) in [6.07, 6.45) is 10.2. The lowest BCUT2D eigenvalue weighted by molar-refractivity contribution is -0.170. The second-order valence-corrected chi connectivity index (χ2v) is 7.36. The van der Waals surface area contributed by atoms with Crippen LogP contribution in [0.3, 0.4) is 0 Å². The Hall–Kier alpha value is -1.63. The van der Waals surface area contributed by atoms with Crippen molar-refractivity contribution >= 4 is 6.03 Å². The van der Waals surface area contributed by atoms with E-state index in [1.807, 2.05) is 9.58 Å². The zero-order chi connectivity index (χ0) is 16.6. The largest absolute Gasteiger partial charge is 0.378 e. The van der Waals surface area contributed by atoms with E-state index in [4.69, 9.17) is 4.74 Å². The number of nitrogens with zero attached hydrogens (tertiary/aromatic N) is 4. The van der Waals surface area contributed by atoms with Gasteiger partial charge in [-0.25, -0.2) is 14.5 Å². The van der Waals surface area contributed by atoms with Crippen molar-refractivity contribution in [2.24, 2.45) is 5.41 Å². The number of rotatable bonds is 4. The number of likely N-dealkylation sites (tertiary alicyclic amines) is 1. The maximum atomic E-state index is 12.6. The van der Waals surface area contributed by atoms with Crippen LogP contribution < -0.4 is 5.32 Å². The molecule has 1 aliphatic heterocycles. The van der Waals surface area contributed by atoms with Crippen LogP contribution in [0.25, 0.3) is 0 Å². The highest BCUT2D eigenvalue weighted by molar-refractivity contribution is 5.75. The minimum absolute atomic E-state index is 0.0956. The molecule has 0 aromatic carbocycles. The Labute approximate surface area is 142 Å². The summed E-state index contributed by atoms with van der Waals surface area (Å²) in [6, 6.07) is 0.752. The molecule has 2 saturated carbocycles. The molecule has 24 heavy (non-hydrogen) atoms. The van der Waals surface area contributed by atoms with Gasteiger partial charge in [-0.1, -0.05) is 6.42 Å². The Morgan fingerprint density at radius 1 is 1.38 bits per heavy atom. The van der Waals surface area contributed by atoms with Gasteiger partial charge in [0.1, 0.15) is 12.7 Å². The number of urea groups is 1. The van der Waals surface area contributed by atoms with Crippen LogP contribution in [0.1, 0.15) is 51.5 Å². The molecule has 2 atom stereocenters. The molecule has 2 unspecified atom stereocenters. The van der Waals surface area contributed by atoms with E-state index in [0.29, 0.717) is 18.2 Å². The monoisotopic (exact) mass is 333 g/mol. The van der Waals surface area contributed by atoms with Crippen LogP contribution in [0, 0.1) is 5.41 Å². The fourth-order valence-electron chi connectivity index (χ4n) is 4.62. The second kappa shape index (κ2) is 6.35. The molecule has 1 aromatic heterocycles. The van der Waals surface area contributed by atoms with Gasteiger partial charge in [0.05, 0.1) is 12.1 Å². The molecule has 1 spiro atoms. The normalized spacial score (nSPS) is 29.1. The van der Waals surface area contributed by atoms with Crippen LogP contribution in [0.2, 0.25) is 0 Å². The first-order valence-electron chi connectivity index (χ1n) is 9.24. The number of aromatic nitrogens is 3. The quantitative estimate of drug-likeness (QED) is 0.914. The van der Waals surface area contributed by atoms with Crippen molar-refractivity contribution in [3.63, 3.8) is 0 Å². The van der Waals surface area contributed by atoms with Gasteiger partial charge in [0.25, 0.3) is 0 Å². The van der Waals surface area contributed by atoms with Gasteiger partial charge in [-0.2, -0.15) is 5.10 Å². The fraction of sp³-hybridized carbons (Fsp3) is 0.824. The van der Waals surface area contributed by atoms with Gasteiger partial charge in [-0.15, -0.1) is 0 Å². The van der Waals surface area contributed by atoms with Crippen molar-refractivity contribution in [1.29, 1.82) is 0 Å². The highest BCUT2D eigenvalue weighted by Crippen LogP contribution is 2.57. The lowest BCUT2D eigenvalue weighted by atomic mass is 9.51. The molecule has 1 N–H and O–H groups in total. The van der Waals surface area contributed by atoms with Crippen LogP contribution >= 0.6 is 0 Å².